The first kappa shape index (κ1) is 22.4. The Bertz CT molecular complexity index is 1680. The van der Waals surface area contributed by atoms with Gasteiger partial charge in [-0.2, -0.15) is 5.10 Å². The topological polar surface area (TPSA) is 118 Å². The van der Waals surface area contributed by atoms with Crippen molar-refractivity contribution in [3.05, 3.63) is 96.8 Å². The second kappa shape index (κ2) is 9.88. The standard InChI is InChI=1S/C27H19N7O2S/c35-26(33-27-32-22(15-37-27)17-6-2-1-3-7-17)31-18-10-12-19(13-11-18)36-23-9-5-4-8-20(23)24-21-14-30-34-25(21)29-16-28-24/h1-16H,(H,28,29,30,34)(H2,31,32,33,35). The van der Waals surface area contributed by atoms with Crippen LogP contribution in [0.1, 0.15) is 0 Å². The first-order valence-electron chi connectivity index (χ1n) is 11.3. The number of benzene rings is 3. The summed E-state index contributed by atoms with van der Waals surface area (Å²) in [6.45, 7) is 0. The highest BCUT2D eigenvalue weighted by molar-refractivity contribution is 7.14. The zero-order valence-electron chi connectivity index (χ0n) is 19.3. The number of urea groups is 1. The normalized spacial score (nSPS) is 10.8. The van der Waals surface area contributed by atoms with Gasteiger partial charge in [-0.05, 0) is 36.4 Å². The van der Waals surface area contributed by atoms with Gasteiger partial charge in [0.15, 0.2) is 10.8 Å². The molecular formula is C27H19N7O2S. The molecule has 0 radical (unpaired) electrons. The molecule has 3 aromatic carbocycles. The highest BCUT2D eigenvalue weighted by Gasteiger charge is 2.14. The fourth-order valence-electron chi connectivity index (χ4n) is 3.80. The zero-order valence-corrected chi connectivity index (χ0v) is 20.1. The number of H-pyrrole nitrogens is 1. The van der Waals surface area contributed by atoms with E-state index in [1.807, 2.05) is 60.0 Å². The van der Waals surface area contributed by atoms with Crippen LogP contribution in [-0.2, 0) is 0 Å². The van der Waals surface area contributed by atoms with E-state index in [-0.39, 0.29) is 6.03 Å². The smallest absolute Gasteiger partial charge is 0.325 e. The number of aromatic amines is 1. The van der Waals surface area contributed by atoms with E-state index >= 15 is 0 Å². The van der Waals surface area contributed by atoms with Gasteiger partial charge >= 0.3 is 6.03 Å². The molecule has 0 aliphatic heterocycles. The summed E-state index contributed by atoms with van der Waals surface area (Å²) in [4.78, 5) is 25.6. The van der Waals surface area contributed by atoms with Crippen LogP contribution in [-0.4, -0.2) is 31.2 Å². The number of nitrogens with zero attached hydrogens (tertiary/aromatic N) is 4. The molecule has 6 rings (SSSR count). The maximum atomic E-state index is 12.5. The summed E-state index contributed by atoms with van der Waals surface area (Å²) in [5.41, 5.74) is 4.63. The van der Waals surface area contributed by atoms with Crippen molar-refractivity contribution in [1.82, 2.24) is 25.1 Å². The predicted molar refractivity (Wildman–Crippen MR) is 144 cm³/mol. The van der Waals surface area contributed by atoms with Crippen molar-refractivity contribution in [1.29, 1.82) is 0 Å². The predicted octanol–water partition coefficient (Wildman–Crippen LogP) is 6.58. The van der Waals surface area contributed by atoms with Crippen LogP contribution < -0.4 is 15.4 Å². The van der Waals surface area contributed by atoms with E-state index in [9.17, 15) is 4.79 Å². The molecule has 0 spiro atoms. The molecule has 0 aliphatic carbocycles. The van der Waals surface area contributed by atoms with Crippen molar-refractivity contribution in [3.63, 3.8) is 0 Å². The molecule has 0 saturated heterocycles. The van der Waals surface area contributed by atoms with Crippen LogP contribution in [0.4, 0.5) is 15.6 Å². The molecule has 0 aliphatic rings. The number of fused-ring (bicyclic) bond motifs is 1. The summed E-state index contributed by atoms with van der Waals surface area (Å²) in [6, 6.07) is 24.2. The number of carbonyl (C=O) groups excluding carboxylic acids is 1. The van der Waals surface area contributed by atoms with Crippen molar-refractivity contribution in [3.8, 4) is 34.0 Å². The Morgan fingerprint density at radius 3 is 2.57 bits per heavy atom. The number of thiazole rings is 1. The van der Waals surface area contributed by atoms with Crippen molar-refractivity contribution in [2.24, 2.45) is 0 Å². The van der Waals surface area contributed by atoms with Gasteiger partial charge in [0.2, 0.25) is 0 Å². The van der Waals surface area contributed by atoms with E-state index in [1.54, 1.807) is 30.5 Å². The third kappa shape index (κ3) is 4.86. The van der Waals surface area contributed by atoms with Crippen LogP contribution in [0.15, 0.2) is 96.8 Å². The van der Waals surface area contributed by atoms with Crippen molar-refractivity contribution < 1.29 is 9.53 Å². The quantitative estimate of drug-likeness (QED) is 0.235. The minimum absolute atomic E-state index is 0.374. The van der Waals surface area contributed by atoms with Crippen molar-refractivity contribution in [2.45, 2.75) is 0 Å². The van der Waals surface area contributed by atoms with Gasteiger partial charge in [0.1, 0.15) is 17.8 Å². The van der Waals surface area contributed by atoms with E-state index in [0.29, 0.717) is 28.0 Å². The number of amides is 2. The number of hydrogen-bond donors (Lipinski definition) is 3. The number of rotatable bonds is 6. The fraction of sp³-hybridized carbons (Fsp3) is 0. The van der Waals surface area contributed by atoms with E-state index in [1.165, 1.54) is 17.7 Å². The largest absolute Gasteiger partial charge is 0.457 e. The molecule has 180 valence electrons. The Morgan fingerprint density at radius 2 is 1.70 bits per heavy atom. The number of hydrogen-bond acceptors (Lipinski definition) is 7. The average molecular weight is 506 g/mol. The first-order valence-corrected chi connectivity index (χ1v) is 12.2. The third-order valence-corrected chi connectivity index (χ3v) is 6.28. The Morgan fingerprint density at radius 1 is 0.892 bits per heavy atom. The van der Waals surface area contributed by atoms with Gasteiger partial charge in [-0.1, -0.05) is 42.5 Å². The Labute approximate surface area is 215 Å². The molecule has 0 saturated carbocycles. The van der Waals surface area contributed by atoms with Crippen molar-refractivity contribution >= 4 is 39.2 Å². The molecule has 37 heavy (non-hydrogen) atoms. The van der Waals surface area contributed by atoms with E-state index < -0.39 is 0 Å². The van der Waals surface area contributed by atoms with Gasteiger partial charge < -0.3 is 10.1 Å². The fourth-order valence-corrected chi connectivity index (χ4v) is 4.51. The molecule has 0 unspecified atom stereocenters. The lowest BCUT2D eigenvalue weighted by molar-refractivity contribution is 0.262. The summed E-state index contributed by atoms with van der Waals surface area (Å²) in [5, 5.41) is 15.8. The highest BCUT2D eigenvalue weighted by Crippen LogP contribution is 2.35. The van der Waals surface area contributed by atoms with Gasteiger partial charge in [-0.15, -0.1) is 11.3 Å². The monoisotopic (exact) mass is 505 g/mol. The molecule has 6 aromatic rings. The Balaban J connectivity index is 1.13. The third-order valence-electron chi connectivity index (χ3n) is 5.52. The molecule has 3 N–H and O–H groups in total. The molecule has 0 atom stereocenters. The molecule has 9 nitrogen and oxygen atoms in total. The van der Waals surface area contributed by atoms with Gasteiger partial charge in [0.05, 0.1) is 23.0 Å². The number of anilines is 2. The van der Waals surface area contributed by atoms with Crippen molar-refractivity contribution in [2.75, 3.05) is 10.6 Å². The average Bonchev–Trinajstić information content (AvgIpc) is 3.60. The number of nitrogens with one attached hydrogen (secondary N) is 3. The molecule has 10 heteroatoms. The summed E-state index contributed by atoms with van der Waals surface area (Å²) in [6.07, 6.45) is 3.19. The lowest BCUT2D eigenvalue weighted by Gasteiger charge is -2.12. The minimum Gasteiger partial charge on any atom is -0.457 e. The maximum Gasteiger partial charge on any atom is 0.325 e. The second-order valence-corrected chi connectivity index (χ2v) is 8.82. The number of carbonyl (C=O) groups is 1. The molecule has 3 aromatic heterocycles. The number of para-hydroxylation sites is 1. The molecule has 0 bridgehead atoms. The van der Waals surface area contributed by atoms with Gasteiger partial charge in [-0.3, -0.25) is 10.4 Å². The van der Waals surface area contributed by atoms with Crippen LogP contribution >= 0.6 is 11.3 Å². The minimum atomic E-state index is -0.374. The lowest BCUT2D eigenvalue weighted by atomic mass is 10.1. The van der Waals surface area contributed by atoms with E-state index in [2.05, 4.69) is 35.8 Å². The molecular weight excluding hydrogens is 486 g/mol. The van der Waals surface area contributed by atoms with Crippen LogP contribution in [0.5, 0.6) is 11.5 Å². The SMILES string of the molecule is O=C(Nc1ccc(Oc2ccccc2-c2ncnc3[nH]ncc23)cc1)Nc1nc(-c2ccccc2)cs1. The van der Waals surface area contributed by atoms with Crippen LogP contribution in [0, 0.1) is 0 Å². The van der Waals surface area contributed by atoms with E-state index in [0.717, 1.165) is 27.9 Å². The second-order valence-electron chi connectivity index (χ2n) is 7.96. The Hall–Kier alpha value is -5.09. The highest BCUT2D eigenvalue weighted by atomic mass is 32.1. The summed E-state index contributed by atoms with van der Waals surface area (Å²) in [5.74, 6) is 1.25. The van der Waals surface area contributed by atoms with Gasteiger partial charge in [0.25, 0.3) is 0 Å². The van der Waals surface area contributed by atoms with Gasteiger partial charge in [-0.25, -0.2) is 19.7 Å². The maximum absolute atomic E-state index is 12.5. The molecule has 3 heterocycles. The Kier molecular flexibility index (Phi) is 5.97. The summed E-state index contributed by atoms with van der Waals surface area (Å²) in [7, 11) is 0. The number of ether oxygens (including phenoxy) is 1. The van der Waals surface area contributed by atoms with Gasteiger partial charge in [0, 0.05) is 22.2 Å². The van der Waals surface area contributed by atoms with Crippen LogP contribution in [0.3, 0.4) is 0 Å². The lowest BCUT2D eigenvalue weighted by Crippen LogP contribution is -2.19. The summed E-state index contributed by atoms with van der Waals surface area (Å²) >= 11 is 1.37. The zero-order chi connectivity index (χ0) is 25.0. The number of aromatic nitrogens is 5. The van der Waals surface area contributed by atoms with Crippen LogP contribution in [0.25, 0.3) is 33.5 Å². The molecule has 2 amide bonds. The van der Waals surface area contributed by atoms with Crippen LogP contribution in [0.2, 0.25) is 0 Å². The first-order chi connectivity index (χ1) is 18.2. The van der Waals surface area contributed by atoms with E-state index in [4.69, 9.17) is 4.74 Å². The molecule has 0 fully saturated rings. The summed E-state index contributed by atoms with van der Waals surface area (Å²) < 4.78 is 6.16.